The van der Waals surface area contributed by atoms with Crippen molar-refractivity contribution in [2.45, 2.75) is 26.7 Å². The van der Waals surface area contributed by atoms with E-state index in [9.17, 15) is 4.39 Å². The number of nitrogens with two attached hydrogens (primary N) is 1. The summed E-state index contributed by atoms with van der Waals surface area (Å²) in [5, 5.41) is 0. The molecule has 2 rings (SSSR count). The van der Waals surface area contributed by atoms with Gasteiger partial charge in [-0.2, -0.15) is 0 Å². The standard InChI is InChI=1S/C17H18FNOS/c1-10(2)13-6-4-11(3)8-16(13)20-15-7-5-12(18)9-14(15)17(19)21/h4-10H,1-3H3,(H2,19,21). The Morgan fingerprint density at radius 2 is 1.86 bits per heavy atom. The Balaban J connectivity index is 2.47. The van der Waals surface area contributed by atoms with E-state index in [0.29, 0.717) is 17.2 Å². The van der Waals surface area contributed by atoms with Crippen molar-refractivity contribution in [2.24, 2.45) is 5.73 Å². The molecule has 2 nitrogen and oxygen atoms in total. The highest BCUT2D eigenvalue weighted by Crippen LogP contribution is 2.33. The second kappa shape index (κ2) is 6.22. The number of aryl methyl sites for hydroxylation is 1. The number of ether oxygens (including phenoxy) is 1. The van der Waals surface area contributed by atoms with Gasteiger partial charge in [0.1, 0.15) is 22.3 Å². The van der Waals surface area contributed by atoms with Crippen molar-refractivity contribution in [3.8, 4) is 11.5 Å². The van der Waals surface area contributed by atoms with Gasteiger partial charge in [0.2, 0.25) is 0 Å². The summed E-state index contributed by atoms with van der Waals surface area (Å²) >= 11 is 4.97. The molecule has 0 radical (unpaired) electrons. The van der Waals surface area contributed by atoms with E-state index >= 15 is 0 Å². The Bertz CT molecular complexity index is 682. The van der Waals surface area contributed by atoms with Crippen LogP contribution >= 0.6 is 12.2 Å². The first-order valence-corrected chi connectivity index (χ1v) is 7.17. The van der Waals surface area contributed by atoms with Crippen LogP contribution in [0, 0.1) is 12.7 Å². The predicted octanol–water partition coefficient (Wildman–Crippen LogP) is 4.68. The van der Waals surface area contributed by atoms with Gasteiger partial charge in [0.25, 0.3) is 0 Å². The van der Waals surface area contributed by atoms with Crippen molar-refractivity contribution in [1.29, 1.82) is 0 Å². The molecule has 2 aromatic carbocycles. The summed E-state index contributed by atoms with van der Waals surface area (Å²) in [5.41, 5.74) is 8.23. The molecule has 110 valence electrons. The fraction of sp³-hybridized carbons (Fsp3) is 0.235. The lowest BCUT2D eigenvalue weighted by Crippen LogP contribution is -2.11. The first-order valence-electron chi connectivity index (χ1n) is 6.76. The van der Waals surface area contributed by atoms with E-state index in [4.69, 9.17) is 22.7 Å². The molecular formula is C17H18FNOS. The van der Waals surface area contributed by atoms with Crippen LogP contribution in [0.3, 0.4) is 0 Å². The topological polar surface area (TPSA) is 35.2 Å². The first kappa shape index (κ1) is 15.4. The van der Waals surface area contributed by atoms with Gasteiger partial charge >= 0.3 is 0 Å². The SMILES string of the molecule is Cc1ccc(C(C)C)c(Oc2ccc(F)cc2C(N)=S)c1. The minimum absolute atomic E-state index is 0.114. The van der Waals surface area contributed by atoms with Crippen LogP contribution in [-0.4, -0.2) is 4.99 Å². The summed E-state index contributed by atoms with van der Waals surface area (Å²) < 4.78 is 19.3. The summed E-state index contributed by atoms with van der Waals surface area (Å²) in [7, 11) is 0. The molecule has 4 heteroatoms. The molecule has 0 aromatic heterocycles. The van der Waals surface area contributed by atoms with Crippen LogP contribution < -0.4 is 10.5 Å². The van der Waals surface area contributed by atoms with Gasteiger partial charge < -0.3 is 10.5 Å². The summed E-state index contributed by atoms with van der Waals surface area (Å²) in [6.45, 7) is 6.18. The van der Waals surface area contributed by atoms with Gasteiger partial charge in [-0.1, -0.05) is 38.2 Å². The Morgan fingerprint density at radius 3 is 2.48 bits per heavy atom. The summed E-state index contributed by atoms with van der Waals surface area (Å²) in [6, 6.07) is 10.2. The maximum Gasteiger partial charge on any atom is 0.137 e. The number of rotatable bonds is 4. The smallest absolute Gasteiger partial charge is 0.137 e. The van der Waals surface area contributed by atoms with E-state index in [-0.39, 0.29) is 4.99 Å². The van der Waals surface area contributed by atoms with Gasteiger partial charge in [-0.3, -0.25) is 0 Å². The molecule has 0 fully saturated rings. The third-order valence-corrected chi connectivity index (χ3v) is 3.44. The lowest BCUT2D eigenvalue weighted by molar-refractivity contribution is 0.470. The maximum atomic E-state index is 13.3. The van der Waals surface area contributed by atoms with Crippen LogP contribution in [-0.2, 0) is 0 Å². The summed E-state index contributed by atoms with van der Waals surface area (Å²) in [5.74, 6) is 1.14. The Hall–Kier alpha value is -1.94. The molecule has 0 saturated heterocycles. The van der Waals surface area contributed by atoms with Crippen LogP contribution in [0.15, 0.2) is 36.4 Å². The number of thiocarbonyl (C=S) groups is 1. The molecule has 2 aromatic rings. The molecule has 0 aliphatic heterocycles. The highest BCUT2D eigenvalue weighted by molar-refractivity contribution is 7.80. The monoisotopic (exact) mass is 303 g/mol. The molecule has 0 aliphatic carbocycles. The minimum atomic E-state index is -0.390. The molecule has 0 aliphatic rings. The van der Waals surface area contributed by atoms with Gasteiger partial charge in [0.15, 0.2) is 0 Å². The molecule has 0 saturated carbocycles. The van der Waals surface area contributed by atoms with E-state index < -0.39 is 5.82 Å². The number of hydrogen-bond acceptors (Lipinski definition) is 2. The van der Waals surface area contributed by atoms with Gasteiger partial charge in [0, 0.05) is 0 Å². The van der Waals surface area contributed by atoms with Crippen molar-refractivity contribution < 1.29 is 9.13 Å². The second-order valence-corrected chi connectivity index (χ2v) is 5.74. The van der Waals surface area contributed by atoms with Crippen LogP contribution in [0.1, 0.15) is 36.5 Å². The van der Waals surface area contributed by atoms with Gasteiger partial charge in [-0.15, -0.1) is 0 Å². The second-order valence-electron chi connectivity index (χ2n) is 5.30. The first-order chi connectivity index (χ1) is 9.88. The highest BCUT2D eigenvalue weighted by atomic mass is 32.1. The van der Waals surface area contributed by atoms with Crippen LogP contribution in [0.5, 0.6) is 11.5 Å². The zero-order valence-electron chi connectivity index (χ0n) is 12.3. The fourth-order valence-corrected chi connectivity index (χ4v) is 2.27. The van der Waals surface area contributed by atoms with Gasteiger partial charge in [-0.05, 0) is 48.2 Å². The van der Waals surface area contributed by atoms with Crippen LogP contribution in [0.25, 0.3) is 0 Å². The number of hydrogen-bond donors (Lipinski definition) is 1. The Morgan fingerprint density at radius 1 is 1.14 bits per heavy atom. The van der Waals surface area contributed by atoms with Crippen molar-refractivity contribution in [3.63, 3.8) is 0 Å². The zero-order chi connectivity index (χ0) is 15.6. The fourth-order valence-electron chi connectivity index (χ4n) is 2.11. The maximum absolute atomic E-state index is 13.3. The molecule has 0 unspecified atom stereocenters. The largest absolute Gasteiger partial charge is 0.456 e. The summed E-state index contributed by atoms with van der Waals surface area (Å²) in [6.07, 6.45) is 0. The van der Waals surface area contributed by atoms with E-state index in [1.165, 1.54) is 12.1 Å². The third-order valence-electron chi connectivity index (χ3n) is 3.22. The Kier molecular flexibility index (Phi) is 4.58. The predicted molar refractivity (Wildman–Crippen MR) is 87.6 cm³/mol. The quantitative estimate of drug-likeness (QED) is 0.833. The van der Waals surface area contributed by atoms with Crippen LogP contribution in [0.4, 0.5) is 4.39 Å². The summed E-state index contributed by atoms with van der Waals surface area (Å²) in [4.78, 5) is 0.114. The van der Waals surface area contributed by atoms with Gasteiger partial charge in [-0.25, -0.2) is 4.39 Å². The zero-order valence-corrected chi connectivity index (χ0v) is 13.1. The third kappa shape index (κ3) is 3.58. The Labute approximate surface area is 129 Å². The molecule has 0 atom stereocenters. The van der Waals surface area contributed by atoms with Crippen molar-refractivity contribution in [2.75, 3.05) is 0 Å². The molecule has 0 amide bonds. The van der Waals surface area contributed by atoms with E-state index in [1.807, 2.05) is 25.1 Å². The van der Waals surface area contributed by atoms with Crippen LogP contribution in [0.2, 0.25) is 0 Å². The average Bonchev–Trinajstić information content (AvgIpc) is 2.40. The number of benzene rings is 2. The van der Waals surface area contributed by atoms with Crippen molar-refractivity contribution in [3.05, 3.63) is 58.9 Å². The highest BCUT2D eigenvalue weighted by Gasteiger charge is 2.13. The van der Waals surface area contributed by atoms with Gasteiger partial charge in [0.05, 0.1) is 5.56 Å². The molecule has 2 N–H and O–H groups in total. The molecule has 0 spiro atoms. The number of halogens is 1. The molecular weight excluding hydrogens is 285 g/mol. The lowest BCUT2D eigenvalue weighted by atomic mass is 10.0. The minimum Gasteiger partial charge on any atom is -0.456 e. The molecule has 21 heavy (non-hydrogen) atoms. The average molecular weight is 303 g/mol. The normalized spacial score (nSPS) is 10.7. The molecule has 0 bridgehead atoms. The van der Waals surface area contributed by atoms with E-state index in [1.54, 1.807) is 6.07 Å². The van der Waals surface area contributed by atoms with Crippen molar-refractivity contribution in [1.82, 2.24) is 0 Å². The van der Waals surface area contributed by atoms with E-state index in [2.05, 4.69) is 13.8 Å². The molecule has 0 heterocycles. The van der Waals surface area contributed by atoms with Crippen molar-refractivity contribution >= 4 is 17.2 Å². The lowest BCUT2D eigenvalue weighted by Gasteiger charge is -2.16. The van der Waals surface area contributed by atoms with E-state index in [0.717, 1.165) is 16.9 Å².